The number of nitrogens with one attached hydrogen (secondary N) is 1. The molecular weight excluding hydrogens is 478 g/mol. The second kappa shape index (κ2) is 9.93. The number of rotatable bonds is 6. The van der Waals surface area contributed by atoms with Crippen molar-refractivity contribution < 1.29 is 9.53 Å². The van der Waals surface area contributed by atoms with Crippen LogP contribution in [-0.2, 0) is 4.74 Å². The lowest BCUT2D eigenvalue weighted by Gasteiger charge is -2.34. The first-order valence-electron chi connectivity index (χ1n) is 14.0. The highest BCUT2D eigenvalue weighted by Crippen LogP contribution is 2.45. The third-order valence-corrected chi connectivity index (χ3v) is 8.17. The van der Waals surface area contributed by atoms with Crippen LogP contribution in [0.2, 0.25) is 0 Å². The summed E-state index contributed by atoms with van der Waals surface area (Å²) in [6, 6.07) is 6.44. The van der Waals surface area contributed by atoms with Crippen LogP contribution in [0, 0.1) is 11.3 Å². The Labute approximate surface area is 224 Å². The van der Waals surface area contributed by atoms with Crippen LogP contribution in [0.15, 0.2) is 30.6 Å². The van der Waals surface area contributed by atoms with E-state index in [0.29, 0.717) is 31.0 Å². The third-order valence-electron chi connectivity index (χ3n) is 8.17. The summed E-state index contributed by atoms with van der Waals surface area (Å²) >= 11 is 0. The second-order valence-corrected chi connectivity index (χ2v) is 12.3. The lowest BCUT2D eigenvalue weighted by Crippen LogP contribution is -2.47. The molecule has 0 bridgehead atoms. The quantitative estimate of drug-likeness (QED) is 0.498. The molecule has 3 heterocycles. The van der Waals surface area contributed by atoms with E-state index < -0.39 is 6.10 Å². The number of nitrogens with zero attached hydrogens (tertiary/aromatic N) is 5. The SMILES string of the molecule is CC(C)(C)C(OC(=O)N1CCNCC1)c1ccc2ncc(-c3cn(C4CC(CN)C4)nc3C3CC3)nc2c1. The molecule has 6 rings (SSSR count). The number of nitrogens with two attached hydrogens (primary N) is 1. The molecule has 3 aromatic rings. The van der Waals surface area contributed by atoms with Crippen molar-refractivity contribution in [1.29, 1.82) is 0 Å². The van der Waals surface area contributed by atoms with Gasteiger partial charge in [-0.2, -0.15) is 5.10 Å². The number of piperazine rings is 1. The molecule has 9 nitrogen and oxygen atoms in total. The van der Waals surface area contributed by atoms with Crippen molar-refractivity contribution in [3.63, 3.8) is 0 Å². The largest absolute Gasteiger partial charge is 0.441 e. The zero-order valence-corrected chi connectivity index (χ0v) is 22.7. The molecule has 38 heavy (non-hydrogen) atoms. The van der Waals surface area contributed by atoms with Crippen LogP contribution in [0.25, 0.3) is 22.3 Å². The standard InChI is InChI=1S/C29H39N7O2/c1-29(2,3)27(38-28(37)35-10-8-31-9-11-35)20-6-7-23-24(14-20)33-25(16-32-23)22-17-36(21-12-18(13-21)15-30)34-26(22)19-4-5-19/h6-7,14,16-19,21,27,31H,4-5,8-13,15,30H2,1-3H3. The Morgan fingerprint density at radius 3 is 2.63 bits per heavy atom. The average Bonchev–Trinajstić information content (AvgIpc) is 3.64. The van der Waals surface area contributed by atoms with Crippen molar-refractivity contribution in [1.82, 2.24) is 30.0 Å². The second-order valence-electron chi connectivity index (χ2n) is 12.3. The number of hydrogen-bond donors (Lipinski definition) is 2. The van der Waals surface area contributed by atoms with Gasteiger partial charge in [0.25, 0.3) is 0 Å². The number of ether oxygens (including phenoxy) is 1. The van der Waals surface area contributed by atoms with E-state index in [1.807, 2.05) is 24.4 Å². The zero-order chi connectivity index (χ0) is 26.4. The van der Waals surface area contributed by atoms with E-state index in [0.717, 1.165) is 66.0 Å². The van der Waals surface area contributed by atoms with E-state index in [4.69, 9.17) is 25.5 Å². The van der Waals surface area contributed by atoms with E-state index in [2.05, 4.69) is 37.0 Å². The molecule has 0 spiro atoms. The predicted octanol–water partition coefficient (Wildman–Crippen LogP) is 4.41. The van der Waals surface area contributed by atoms with Crippen molar-refractivity contribution >= 4 is 17.1 Å². The molecule has 3 N–H and O–H groups in total. The molecule has 9 heteroatoms. The Bertz CT molecular complexity index is 1310. The Kier molecular flexibility index (Phi) is 6.60. The molecule has 1 aromatic carbocycles. The van der Waals surface area contributed by atoms with Gasteiger partial charge in [0.1, 0.15) is 6.10 Å². The van der Waals surface area contributed by atoms with Gasteiger partial charge in [-0.05, 0) is 55.8 Å². The minimum atomic E-state index is -0.404. The molecule has 202 valence electrons. The van der Waals surface area contributed by atoms with Gasteiger partial charge in [0.2, 0.25) is 0 Å². The van der Waals surface area contributed by atoms with Gasteiger partial charge in [-0.25, -0.2) is 9.78 Å². The van der Waals surface area contributed by atoms with Gasteiger partial charge in [-0.1, -0.05) is 26.8 Å². The highest BCUT2D eigenvalue weighted by molar-refractivity contribution is 5.78. The Morgan fingerprint density at radius 1 is 1.18 bits per heavy atom. The van der Waals surface area contributed by atoms with E-state index in [9.17, 15) is 4.79 Å². The van der Waals surface area contributed by atoms with E-state index >= 15 is 0 Å². The number of carbonyl (C=O) groups is 1. The van der Waals surface area contributed by atoms with Gasteiger partial charge < -0.3 is 20.7 Å². The van der Waals surface area contributed by atoms with Crippen LogP contribution in [0.5, 0.6) is 0 Å². The first kappa shape index (κ1) is 25.2. The summed E-state index contributed by atoms with van der Waals surface area (Å²) in [5.74, 6) is 1.11. The maximum absolute atomic E-state index is 13.0. The molecule has 0 radical (unpaired) electrons. The van der Waals surface area contributed by atoms with Gasteiger partial charge in [-0.3, -0.25) is 9.67 Å². The van der Waals surface area contributed by atoms with Gasteiger partial charge in [-0.15, -0.1) is 0 Å². The normalized spacial score (nSPS) is 22.8. The van der Waals surface area contributed by atoms with Crippen LogP contribution >= 0.6 is 0 Å². The number of carbonyl (C=O) groups excluding carboxylic acids is 1. The lowest BCUT2D eigenvalue weighted by atomic mass is 9.80. The Hall–Kier alpha value is -3.04. The first-order valence-corrected chi connectivity index (χ1v) is 14.0. The predicted molar refractivity (Wildman–Crippen MR) is 147 cm³/mol. The summed E-state index contributed by atoms with van der Waals surface area (Å²) in [5.41, 5.74) is 11.2. The number of amides is 1. The molecular formula is C29H39N7O2. The van der Waals surface area contributed by atoms with Crippen molar-refractivity contribution in [3.05, 3.63) is 41.9 Å². The zero-order valence-electron chi connectivity index (χ0n) is 22.7. The molecule has 1 amide bonds. The Morgan fingerprint density at radius 2 is 1.95 bits per heavy atom. The maximum Gasteiger partial charge on any atom is 0.410 e. The highest BCUT2D eigenvalue weighted by atomic mass is 16.6. The van der Waals surface area contributed by atoms with Crippen molar-refractivity contribution in [2.24, 2.45) is 17.1 Å². The molecule has 1 saturated heterocycles. The van der Waals surface area contributed by atoms with Gasteiger partial charge >= 0.3 is 6.09 Å². The molecule has 3 aliphatic rings. The molecule has 3 fully saturated rings. The van der Waals surface area contributed by atoms with Crippen LogP contribution in [0.3, 0.4) is 0 Å². The van der Waals surface area contributed by atoms with Crippen molar-refractivity contribution in [2.75, 3.05) is 32.7 Å². The number of aromatic nitrogens is 4. The maximum atomic E-state index is 13.0. The molecule has 2 aromatic heterocycles. The van der Waals surface area contributed by atoms with Gasteiger partial charge in [0.05, 0.1) is 34.7 Å². The molecule has 2 saturated carbocycles. The Balaban J connectivity index is 1.31. The molecule has 1 unspecified atom stereocenters. The van der Waals surface area contributed by atoms with E-state index in [1.165, 1.54) is 12.8 Å². The number of fused-ring (bicyclic) bond motifs is 1. The van der Waals surface area contributed by atoms with Gasteiger partial charge in [0.15, 0.2) is 0 Å². The molecule has 1 aliphatic heterocycles. The van der Waals surface area contributed by atoms with Crippen LogP contribution < -0.4 is 11.1 Å². The lowest BCUT2D eigenvalue weighted by molar-refractivity contribution is 0.00687. The average molecular weight is 518 g/mol. The van der Waals surface area contributed by atoms with Crippen LogP contribution in [0.1, 0.15) is 75.8 Å². The highest BCUT2D eigenvalue weighted by Gasteiger charge is 2.35. The van der Waals surface area contributed by atoms with Crippen molar-refractivity contribution in [3.8, 4) is 11.3 Å². The summed E-state index contributed by atoms with van der Waals surface area (Å²) in [4.78, 5) is 24.6. The number of benzene rings is 1. The summed E-state index contributed by atoms with van der Waals surface area (Å²) in [5, 5.41) is 8.30. The fraction of sp³-hybridized carbons (Fsp3) is 0.586. The van der Waals surface area contributed by atoms with Gasteiger partial charge in [0, 0.05) is 49.3 Å². The van der Waals surface area contributed by atoms with E-state index in [1.54, 1.807) is 4.90 Å². The molecule has 2 aliphatic carbocycles. The summed E-state index contributed by atoms with van der Waals surface area (Å²) < 4.78 is 8.26. The van der Waals surface area contributed by atoms with Crippen molar-refractivity contribution in [2.45, 2.75) is 64.5 Å². The topological polar surface area (TPSA) is 111 Å². The fourth-order valence-corrected chi connectivity index (χ4v) is 5.65. The minimum Gasteiger partial charge on any atom is -0.441 e. The first-order chi connectivity index (χ1) is 18.3. The fourth-order valence-electron chi connectivity index (χ4n) is 5.65. The smallest absolute Gasteiger partial charge is 0.410 e. The van der Waals surface area contributed by atoms with E-state index in [-0.39, 0.29) is 11.5 Å². The summed E-state index contributed by atoms with van der Waals surface area (Å²) in [7, 11) is 0. The summed E-state index contributed by atoms with van der Waals surface area (Å²) in [6.07, 6.45) is 7.90. The van der Waals surface area contributed by atoms with Crippen LogP contribution in [-0.4, -0.2) is 63.5 Å². The third kappa shape index (κ3) is 5.01. The van der Waals surface area contributed by atoms with Crippen LogP contribution in [0.4, 0.5) is 4.79 Å². The summed E-state index contributed by atoms with van der Waals surface area (Å²) in [6.45, 7) is 9.94. The monoisotopic (exact) mass is 517 g/mol. The minimum absolute atomic E-state index is 0.263. The molecule has 1 atom stereocenters. The number of hydrogen-bond acceptors (Lipinski definition) is 7.